The van der Waals surface area contributed by atoms with Crippen molar-refractivity contribution in [1.82, 2.24) is 20.4 Å². The van der Waals surface area contributed by atoms with Crippen LogP contribution < -0.4 is 10.0 Å². The monoisotopic (exact) mass is 590 g/mol. The van der Waals surface area contributed by atoms with Crippen LogP contribution >= 0.6 is 11.6 Å². The second kappa shape index (κ2) is 12.0. The molecule has 0 unspecified atom stereocenters. The Bertz CT molecular complexity index is 2050. The summed E-state index contributed by atoms with van der Waals surface area (Å²) >= 11 is 6.59. The number of hydrazine groups is 1. The summed E-state index contributed by atoms with van der Waals surface area (Å²) in [5.41, 5.74) is 6.20. The number of nitrogens with zero attached hydrogens (tertiary/aromatic N) is 6. The zero-order valence-electron chi connectivity index (χ0n) is 23.9. The Morgan fingerprint density at radius 3 is 1.73 bits per heavy atom. The van der Waals surface area contributed by atoms with Crippen LogP contribution in [0.15, 0.2) is 146 Å². The van der Waals surface area contributed by atoms with Crippen LogP contribution in [-0.4, -0.2) is 20.4 Å². The van der Waals surface area contributed by atoms with E-state index in [1.54, 1.807) is 0 Å². The summed E-state index contributed by atoms with van der Waals surface area (Å²) in [7, 11) is 0. The van der Waals surface area contributed by atoms with E-state index in [1.807, 2.05) is 132 Å². The van der Waals surface area contributed by atoms with E-state index in [0.717, 1.165) is 50.2 Å². The molecule has 0 saturated heterocycles. The number of benzene rings is 5. The Kier molecular flexibility index (Phi) is 7.41. The molecule has 0 bridgehead atoms. The van der Waals surface area contributed by atoms with Crippen molar-refractivity contribution in [2.45, 2.75) is 6.92 Å². The van der Waals surface area contributed by atoms with Crippen molar-refractivity contribution in [2.75, 3.05) is 10.0 Å². The molecular weight excluding hydrogens is 564 g/mol. The van der Waals surface area contributed by atoms with Crippen LogP contribution in [0.3, 0.4) is 0 Å². The van der Waals surface area contributed by atoms with Crippen LogP contribution in [0.25, 0.3) is 33.3 Å². The lowest BCUT2D eigenvalue weighted by atomic mass is 10.0. The van der Waals surface area contributed by atoms with Gasteiger partial charge in [-0.1, -0.05) is 121 Å². The fourth-order valence-corrected chi connectivity index (χ4v) is 5.52. The van der Waals surface area contributed by atoms with Crippen molar-refractivity contribution in [3.8, 4) is 22.5 Å². The number of rotatable bonds is 7. The molecule has 0 aliphatic carbocycles. The third-order valence-electron chi connectivity index (χ3n) is 7.40. The maximum Gasteiger partial charge on any atom is 0.182 e. The summed E-state index contributed by atoms with van der Waals surface area (Å²) in [6.45, 7) is 2.04. The fourth-order valence-electron chi connectivity index (χ4n) is 5.34. The predicted molar refractivity (Wildman–Crippen MR) is 179 cm³/mol. The van der Waals surface area contributed by atoms with Crippen molar-refractivity contribution >= 4 is 45.4 Å². The minimum atomic E-state index is 0.599. The highest BCUT2D eigenvalue weighted by atomic mass is 35.5. The quantitative estimate of drug-likeness (QED) is 0.172. The number of para-hydroxylation sites is 1. The molecule has 212 valence electrons. The highest BCUT2D eigenvalue weighted by Crippen LogP contribution is 2.41. The maximum absolute atomic E-state index is 6.59. The first-order valence-corrected chi connectivity index (χ1v) is 14.7. The first-order valence-electron chi connectivity index (χ1n) is 14.3. The van der Waals surface area contributed by atoms with E-state index in [2.05, 4.69) is 35.4 Å². The molecule has 2 heterocycles. The lowest BCUT2D eigenvalue weighted by Gasteiger charge is -2.37. The highest BCUT2D eigenvalue weighted by Gasteiger charge is 2.28. The van der Waals surface area contributed by atoms with Gasteiger partial charge in [-0.05, 0) is 48.9 Å². The van der Waals surface area contributed by atoms with Gasteiger partial charge in [0.25, 0.3) is 0 Å². The zero-order chi connectivity index (χ0) is 29.9. The van der Waals surface area contributed by atoms with Crippen molar-refractivity contribution in [1.29, 1.82) is 0 Å². The summed E-state index contributed by atoms with van der Waals surface area (Å²) in [5.74, 6) is 1.27. The minimum Gasteiger partial charge on any atom is -0.227 e. The van der Waals surface area contributed by atoms with Gasteiger partial charge in [0, 0.05) is 26.9 Å². The summed E-state index contributed by atoms with van der Waals surface area (Å²) in [4.78, 5) is 0. The van der Waals surface area contributed by atoms with Crippen molar-refractivity contribution in [3.63, 3.8) is 0 Å². The van der Waals surface area contributed by atoms with Crippen LogP contribution in [0.2, 0.25) is 5.02 Å². The molecule has 7 rings (SSSR count). The molecule has 0 aliphatic heterocycles. The van der Waals surface area contributed by atoms with Crippen LogP contribution in [0, 0.1) is 6.92 Å². The Labute approximate surface area is 260 Å². The molecule has 0 N–H and O–H groups in total. The van der Waals surface area contributed by atoms with Gasteiger partial charge in [-0.25, -0.2) is 10.0 Å². The molecule has 0 radical (unpaired) electrons. The molecule has 0 aliphatic rings. The summed E-state index contributed by atoms with van der Waals surface area (Å²) in [6, 6.07) is 48.2. The van der Waals surface area contributed by atoms with Gasteiger partial charge >= 0.3 is 0 Å². The van der Waals surface area contributed by atoms with E-state index in [9.17, 15) is 0 Å². The second-order valence-corrected chi connectivity index (χ2v) is 10.8. The van der Waals surface area contributed by atoms with Gasteiger partial charge in [0.05, 0.1) is 17.1 Å². The van der Waals surface area contributed by atoms with Crippen LogP contribution in [-0.2, 0) is 0 Å². The number of aryl methyl sites for hydroxylation is 1. The molecule has 0 fully saturated rings. The Morgan fingerprint density at radius 1 is 0.477 bits per heavy atom. The largest absolute Gasteiger partial charge is 0.227 e. The first kappa shape index (κ1) is 27.3. The van der Waals surface area contributed by atoms with E-state index in [4.69, 9.17) is 26.9 Å². The number of hydrogen-bond donors (Lipinski definition) is 0. The Morgan fingerprint density at radius 2 is 1.05 bits per heavy atom. The Hall–Kier alpha value is -5.59. The molecule has 7 heteroatoms. The molecule has 44 heavy (non-hydrogen) atoms. The molecule has 7 aromatic rings. The van der Waals surface area contributed by atoms with Crippen molar-refractivity contribution < 1.29 is 0 Å². The van der Waals surface area contributed by atoms with Gasteiger partial charge in [-0.15, -0.1) is 20.4 Å². The average molecular weight is 591 g/mol. The number of halogens is 1. The molecular formula is C37H27ClN6. The van der Waals surface area contributed by atoms with Gasteiger partial charge in [0.2, 0.25) is 0 Å². The topological polar surface area (TPSA) is 58.0 Å². The average Bonchev–Trinajstić information content (AvgIpc) is 3.08. The number of aromatic nitrogens is 4. The lowest BCUT2D eigenvalue weighted by Crippen LogP contribution is -2.38. The second-order valence-electron chi connectivity index (χ2n) is 10.3. The van der Waals surface area contributed by atoms with Gasteiger partial charge in [-0.3, -0.25) is 0 Å². The van der Waals surface area contributed by atoms with Gasteiger partial charge in [-0.2, -0.15) is 0 Å². The standard InChI is InChI=1S/C37H27ClN6/c1-26-24-34(27-14-5-2-6-15-27)39-41-36(26)44(31-21-13-18-29(38)25-31)43(30-19-9-4-10-20-30)37-33-23-12-11-22-32(33)35(40-42-37)28-16-7-3-8-17-28/h2-25H,1H3. The molecule has 6 nitrogen and oxygen atoms in total. The SMILES string of the molecule is Cc1cc(-c2ccccc2)nnc1N(c1cccc(Cl)c1)N(c1ccccc1)c1nnc(-c2ccccc2)c2ccccc12. The predicted octanol–water partition coefficient (Wildman–Crippen LogP) is 9.61. The van der Waals surface area contributed by atoms with Gasteiger partial charge in [0.15, 0.2) is 11.6 Å². The highest BCUT2D eigenvalue weighted by molar-refractivity contribution is 6.30. The lowest BCUT2D eigenvalue weighted by molar-refractivity contribution is 0.881. The van der Waals surface area contributed by atoms with E-state index in [-0.39, 0.29) is 0 Å². The summed E-state index contributed by atoms with van der Waals surface area (Å²) in [5, 5.41) is 25.8. The van der Waals surface area contributed by atoms with Crippen LogP contribution in [0.1, 0.15) is 5.56 Å². The molecule has 0 saturated carbocycles. The van der Waals surface area contributed by atoms with E-state index in [1.165, 1.54) is 0 Å². The number of anilines is 4. The minimum absolute atomic E-state index is 0.599. The normalized spacial score (nSPS) is 11.0. The van der Waals surface area contributed by atoms with Gasteiger partial charge < -0.3 is 0 Å². The third kappa shape index (κ3) is 5.23. The zero-order valence-corrected chi connectivity index (χ0v) is 24.7. The summed E-state index contributed by atoms with van der Waals surface area (Å²) < 4.78 is 0. The van der Waals surface area contributed by atoms with Crippen molar-refractivity contribution in [3.05, 3.63) is 156 Å². The molecule has 0 atom stereocenters. The van der Waals surface area contributed by atoms with Crippen LogP contribution in [0.5, 0.6) is 0 Å². The Balaban J connectivity index is 1.49. The molecule has 0 spiro atoms. The van der Waals surface area contributed by atoms with E-state index < -0.39 is 0 Å². The molecule has 5 aromatic carbocycles. The third-order valence-corrected chi connectivity index (χ3v) is 7.63. The first-order chi connectivity index (χ1) is 21.7. The van der Waals surface area contributed by atoms with E-state index in [0.29, 0.717) is 16.7 Å². The molecule has 2 aromatic heterocycles. The summed E-state index contributed by atoms with van der Waals surface area (Å²) in [6.07, 6.45) is 0. The fraction of sp³-hybridized carbons (Fsp3) is 0.0270. The smallest absolute Gasteiger partial charge is 0.182 e. The molecule has 0 amide bonds. The van der Waals surface area contributed by atoms with E-state index >= 15 is 0 Å². The maximum atomic E-state index is 6.59. The van der Waals surface area contributed by atoms with Gasteiger partial charge in [0.1, 0.15) is 5.69 Å². The number of fused-ring (bicyclic) bond motifs is 1. The van der Waals surface area contributed by atoms with Crippen molar-refractivity contribution in [2.24, 2.45) is 0 Å². The number of hydrogen-bond acceptors (Lipinski definition) is 6. The van der Waals surface area contributed by atoms with Crippen LogP contribution in [0.4, 0.5) is 23.0 Å².